The first-order chi connectivity index (χ1) is 9.47. The van der Waals surface area contributed by atoms with E-state index in [0.717, 1.165) is 20.2 Å². The second-order valence-electron chi connectivity index (χ2n) is 4.50. The molecule has 0 saturated carbocycles. The van der Waals surface area contributed by atoms with Crippen molar-refractivity contribution in [2.24, 2.45) is 0 Å². The minimum absolute atomic E-state index is 0.322. The third kappa shape index (κ3) is 2.13. The Kier molecular flexibility index (Phi) is 3.30. The van der Waals surface area contributed by atoms with Crippen molar-refractivity contribution in [3.63, 3.8) is 0 Å². The summed E-state index contributed by atoms with van der Waals surface area (Å²) in [7, 11) is 0. The SMILES string of the molecule is Cc1cc(Br)cn2c(N)c(-c3cc(F)ccc3Br)nc12. The summed E-state index contributed by atoms with van der Waals surface area (Å²) >= 11 is 6.85. The summed E-state index contributed by atoms with van der Waals surface area (Å²) in [6, 6.07) is 6.43. The van der Waals surface area contributed by atoms with Crippen LogP contribution in [0.2, 0.25) is 0 Å². The average molecular weight is 399 g/mol. The molecule has 3 aromatic rings. The van der Waals surface area contributed by atoms with E-state index in [1.165, 1.54) is 12.1 Å². The van der Waals surface area contributed by atoms with Crippen LogP contribution in [0.5, 0.6) is 0 Å². The average Bonchev–Trinajstić information content (AvgIpc) is 2.71. The van der Waals surface area contributed by atoms with Gasteiger partial charge in [-0.3, -0.25) is 4.40 Å². The Morgan fingerprint density at radius 3 is 2.75 bits per heavy atom. The second kappa shape index (κ2) is 4.86. The third-order valence-corrected chi connectivity index (χ3v) is 4.22. The van der Waals surface area contributed by atoms with Crippen LogP contribution in [0.25, 0.3) is 16.9 Å². The lowest BCUT2D eigenvalue weighted by Gasteiger charge is -2.03. The molecular weight excluding hydrogens is 389 g/mol. The number of fused-ring (bicyclic) bond motifs is 1. The predicted molar refractivity (Wildman–Crippen MR) is 85.1 cm³/mol. The largest absolute Gasteiger partial charge is 0.383 e. The van der Waals surface area contributed by atoms with E-state index in [-0.39, 0.29) is 5.82 Å². The number of halogens is 3. The number of benzene rings is 1. The van der Waals surface area contributed by atoms with Gasteiger partial charge >= 0.3 is 0 Å². The number of anilines is 1. The van der Waals surface area contributed by atoms with E-state index in [1.807, 2.05) is 19.2 Å². The zero-order valence-corrected chi connectivity index (χ0v) is 13.7. The van der Waals surface area contributed by atoms with E-state index < -0.39 is 0 Å². The van der Waals surface area contributed by atoms with Gasteiger partial charge in [0.1, 0.15) is 23.0 Å². The van der Waals surface area contributed by atoms with E-state index in [4.69, 9.17) is 5.73 Å². The van der Waals surface area contributed by atoms with Gasteiger partial charge in [0, 0.05) is 20.7 Å². The quantitative estimate of drug-likeness (QED) is 0.653. The lowest BCUT2D eigenvalue weighted by Crippen LogP contribution is -1.95. The first kappa shape index (κ1) is 13.6. The van der Waals surface area contributed by atoms with Crippen molar-refractivity contribution in [1.29, 1.82) is 0 Å². The van der Waals surface area contributed by atoms with Crippen molar-refractivity contribution in [2.75, 3.05) is 5.73 Å². The summed E-state index contributed by atoms with van der Waals surface area (Å²) < 4.78 is 16.9. The molecule has 1 aromatic carbocycles. The summed E-state index contributed by atoms with van der Waals surface area (Å²) in [5, 5.41) is 0. The maximum atomic E-state index is 13.5. The van der Waals surface area contributed by atoms with Crippen LogP contribution < -0.4 is 5.73 Å². The molecule has 2 N–H and O–H groups in total. The maximum absolute atomic E-state index is 13.5. The molecule has 0 atom stereocenters. The van der Waals surface area contributed by atoms with Gasteiger partial charge in [-0.2, -0.15) is 0 Å². The van der Waals surface area contributed by atoms with Crippen LogP contribution in [0.3, 0.4) is 0 Å². The molecule has 3 rings (SSSR count). The minimum atomic E-state index is -0.322. The Morgan fingerprint density at radius 2 is 2.00 bits per heavy atom. The van der Waals surface area contributed by atoms with Gasteiger partial charge in [0.05, 0.1) is 0 Å². The highest BCUT2D eigenvalue weighted by Crippen LogP contribution is 2.34. The number of pyridine rings is 1. The van der Waals surface area contributed by atoms with E-state index in [1.54, 1.807) is 10.5 Å². The zero-order chi connectivity index (χ0) is 14.4. The summed E-state index contributed by atoms with van der Waals surface area (Å²) in [6.45, 7) is 1.96. The number of nitrogen functional groups attached to an aromatic ring is 1. The molecule has 0 spiro atoms. The molecule has 2 heterocycles. The Bertz CT molecular complexity index is 827. The van der Waals surface area contributed by atoms with Crippen LogP contribution in [0.15, 0.2) is 39.4 Å². The second-order valence-corrected chi connectivity index (χ2v) is 6.27. The van der Waals surface area contributed by atoms with Crippen LogP contribution in [-0.2, 0) is 0 Å². The van der Waals surface area contributed by atoms with Crippen molar-refractivity contribution in [2.45, 2.75) is 6.92 Å². The molecule has 0 amide bonds. The highest BCUT2D eigenvalue weighted by atomic mass is 79.9. The fourth-order valence-electron chi connectivity index (χ4n) is 2.16. The van der Waals surface area contributed by atoms with Gasteiger partial charge in [0.2, 0.25) is 0 Å². The van der Waals surface area contributed by atoms with Gasteiger partial charge in [-0.15, -0.1) is 0 Å². The standard InChI is InChI=1S/C14H10Br2FN3/c1-7-4-8(15)6-20-13(18)12(19-14(7)20)10-5-9(17)2-3-11(10)16/h2-6H,18H2,1H3. The molecule has 0 saturated heterocycles. The molecule has 0 unspecified atom stereocenters. The van der Waals surface area contributed by atoms with Crippen LogP contribution in [0, 0.1) is 12.7 Å². The first-order valence-electron chi connectivity index (χ1n) is 5.86. The molecule has 0 radical (unpaired) electrons. The monoisotopic (exact) mass is 397 g/mol. The Morgan fingerprint density at radius 1 is 1.25 bits per heavy atom. The van der Waals surface area contributed by atoms with Gasteiger partial charge in [0.15, 0.2) is 0 Å². The fraction of sp³-hybridized carbons (Fsp3) is 0.0714. The number of rotatable bonds is 1. The van der Waals surface area contributed by atoms with Gasteiger partial charge in [-0.05, 0) is 52.7 Å². The van der Waals surface area contributed by atoms with E-state index in [0.29, 0.717) is 17.1 Å². The normalized spacial score (nSPS) is 11.2. The predicted octanol–water partition coefficient (Wildman–Crippen LogP) is 4.56. The number of aryl methyl sites for hydroxylation is 1. The minimum Gasteiger partial charge on any atom is -0.383 e. The van der Waals surface area contributed by atoms with Crippen molar-refractivity contribution >= 4 is 43.3 Å². The van der Waals surface area contributed by atoms with Crippen LogP contribution in [0.4, 0.5) is 10.2 Å². The van der Waals surface area contributed by atoms with Crippen molar-refractivity contribution in [3.8, 4) is 11.3 Å². The first-order valence-corrected chi connectivity index (χ1v) is 7.45. The molecule has 3 nitrogen and oxygen atoms in total. The summed E-state index contributed by atoms with van der Waals surface area (Å²) in [5.74, 6) is 0.160. The molecule has 0 bridgehead atoms. The van der Waals surface area contributed by atoms with E-state index in [9.17, 15) is 4.39 Å². The third-order valence-electron chi connectivity index (χ3n) is 3.09. The number of nitrogens with two attached hydrogens (primary N) is 1. The van der Waals surface area contributed by atoms with Gasteiger partial charge < -0.3 is 5.73 Å². The van der Waals surface area contributed by atoms with Gasteiger partial charge in [-0.1, -0.05) is 15.9 Å². The van der Waals surface area contributed by atoms with Crippen molar-refractivity contribution in [3.05, 3.63) is 50.8 Å². The summed E-state index contributed by atoms with van der Waals surface area (Å²) in [6.07, 6.45) is 1.85. The number of nitrogens with zero attached hydrogens (tertiary/aromatic N) is 2. The maximum Gasteiger partial charge on any atom is 0.142 e. The number of aromatic nitrogens is 2. The molecular formula is C14H10Br2FN3. The summed E-state index contributed by atoms with van der Waals surface area (Å²) in [5.41, 5.74) is 9.12. The highest BCUT2D eigenvalue weighted by Gasteiger charge is 2.16. The topological polar surface area (TPSA) is 43.3 Å². The number of hydrogen-bond donors (Lipinski definition) is 1. The number of hydrogen-bond acceptors (Lipinski definition) is 2. The lowest BCUT2D eigenvalue weighted by molar-refractivity contribution is 0.628. The molecule has 20 heavy (non-hydrogen) atoms. The lowest BCUT2D eigenvalue weighted by atomic mass is 10.1. The molecule has 0 aliphatic heterocycles. The molecule has 0 aliphatic carbocycles. The van der Waals surface area contributed by atoms with Crippen LogP contribution in [-0.4, -0.2) is 9.38 Å². The Hall–Kier alpha value is -1.40. The van der Waals surface area contributed by atoms with Crippen LogP contribution in [0.1, 0.15) is 5.56 Å². The van der Waals surface area contributed by atoms with Crippen molar-refractivity contribution < 1.29 is 4.39 Å². The van der Waals surface area contributed by atoms with E-state index >= 15 is 0 Å². The van der Waals surface area contributed by atoms with Gasteiger partial charge in [0.25, 0.3) is 0 Å². The highest BCUT2D eigenvalue weighted by molar-refractivity contribution is 9.10. The zero-order valence-electron chi connectivity index (χ0n) is 10.5. The fourth-order valence-corrected chi connectivity index (χ4v) is 3.15. The van der Waals surface area contributed by atoms with E-state index in [2.05, 4.69) is 36.8 Å². The number of imidazole rings is 1. The Labute approximate surface area is 131 Å². The van der Waals surface area contributed by atoms with Crippen molar-refractivity contribution in [1.82, 2.24) is 9.38 Å². The Balaban J connectivity index is 2.35. The molecule has 102 valence electrons. The van der Waals surface area contributed by atoms with Gasteiger partial charge in [-0.25, -0.2) is 9.37 Å². The van der Waals surface area contributed by atoms with Crippen LogP contribution >= 0.6 is 31.9 Å². The molecule has 6 heteroatoms. The summed E-state index contributed by atoms with van der Waals surface area (Å²) in [4.78, 5) is 4.55. The molecule has 2 aromatic heterocycles. The molecule has 0 aliphatic rings. The smallest absolute Gasteiger partial charge is 0.142 e. The molecule has 0 fully saturated rings.